The van der Waals surface area contributed by atoms with E-state index in [0.29, 0.717) is 0 Å². The highest BCUT2D eigenvalue weighted by Gasteiger charge is 2.30. The van der Waals surface area contributed by atoms with Crippen molar-refractivity contribution in [3.63, 3.8) is 0 Å². The van der Waals surface area contributed by atoms with Crippen molar-refractivity contribution in [1.29, 1.82) is 0 Å². The van der Waals surface area contributed by atoms with E-state index in [4.69, 9.17) is 9.97 Å². The van der Waals surface area contributed by atoms with E-state index >= 15 is 4.57 Å². The highest BCUT2D eigenvalue weighted by molar-refractivity contribution is 7.85. The van der Waals surface area contributed by atoms with Crippen LogP contribution in [-0.4, -0.2) is 14.4 Å². The molecule has 10 rings (SSSR count). The summed E-state index contributed by atoms with van der Waals surface area (Å²) in [5.74, 6) is 0. The van der Waals surface area contributed by atoms with Crippen molar-refractivity contribution in [2.24, 2.45) is 0 Å². The topological polar surface area (TPSA) is 47.3 Å². The fourth-order valence-corrected chi connectivity index (χ4v) is 10.4. The predicted octanol–water partition coefficient (Wildman–Crippen LogP) is 10.8. The molecule has 0 unspecified atom stereocenters. The second-order valence-corrected chi connectivity index (χ2v) is 16.1. The Bertz CT molecular complexity index is 2950. The van der Waals surface area contributed by atoms with E-state index in [1.807, 2.05) is 108 Å². The first-order valence-corrected chi connectivity index (χ1v) is 19.5. The average molecular weight is 698 g/mol. The Morgan fingerprint density at radius 3 is 1.81 bits per heavy atom. The monoisotopic (exact) mass is 697 g/mol. The fourth-order valence-electron chi connectivity index (χ4n) is 7.74. The third kappa shape index (κ3) is 5.18. The zero-order valence-corrected chi connectivity index (χ0v) is 29.6. The lowest BCUT2D eigenvalue weighted by Crippen LogP contribution is -2.25. The number of nitrogens with zero attached hydrogens (tertiary/aromatic N) is 3. The molecule has 0 saturated carbocycles. The van der Waals surface area contributed by atoms with E-state index in [0.717, 1.165) is 76.9 Å². The van der Waals surface area contributed by atoms with Crippen LogP contribution in [0.2, 0.25) is 0 Å². The van der Waals surface area contributed by atoms with Gasteiger partial charge in [0.1, 0.15) is 5.65 Å². The van der Waals surface area contributed by atoms with Crippen molar-refractivity contribution >= 4 is 61.2 Å². The molecular weight excluding hydrogens is 666 g/mol. The van der Waals surface area contributed by atoms with Crippen molar-refractivity contribution in [2.45, 2.75) is 0 Å². The Morgan fingerprint density at radius 2 is 1.08 bits per heavy atom. The lowest BCUT2D eigenvalue weighted by molar-refractivity contribution is 0.592. The molecule has 3 heterocycles. The third-order valence-corrected chi connectivity index (χ3v) is 13.3. The van der Waals surface area contributed by atoms with Gasteiger partial charge in [-0.1, -0.05) is 152 Å². The number of benzene rings is 7. The minimum atomic E-state index is -3.20. The molecule has 250 valence electrons. The van der Waals surface area contributed by atoms with Gasteiger partial charge in [0.2, 0.25) is 0 Å². The Labute approximate surface area is 307 Å². The quantitative estimate of drug-likeness (QED) is 0.128. The van der Waals surface area contributed by atoms with Crippen LogP contribution in [0.1, 0.15) is 0 Å². The number of rotatable bonds is 6. The van der Waals surface area contributed by atoms with Gasteiger partial charge in [-0.2, -0.15) is 0 Å². The summed E-state index contributed by atoms with van der Waals surface area (Å²) < 4.78 is 17.5. The molecule has 3 aromatic heterocycles. The SMILES string of the molecule is O=P(c1ccccc1)(c1ccccc1)c1cccc(-c2nc3ccccc3c3c2cc(-c2ccc(-c4cn5ccccc5n4)cc2)c2ccccc23)c1. The number of hydrogen-bond donors (Lipinski definition) is 0. The second-order valence-electron chi connectivity index (χ2n) is 13.4. The van der Waals surface area contributed by atoms with Crippen LogP contribution < -0.4 is 15.9 Å². The minimum absolute atomic E-state index is 0.777. The summed E-state index contributed by atoms with van der Waals surface area (Å²) in [6.45, 7) is 0. The number of aromatic nitrogens is 3. The van der Waals surface area contributed by atoms with Gasteiger partial charge in [0.05, 0.1) is 16.9 Å². The van der Waals surface area contributed by atoms with Gasteiger partial charge in [-0.3, -0.25) is 0 Å². The van der Waals surface area contributed by atoms with Crippen molar-refractivity contribution in [3.05, 3.63) is 194 Å². The molecule has 0 N–H and O–H groups in total. The van der Waals surface area contributed by atoms with Crippen LogP contribution in [-0.2, 0) is 4.57 Å². The van der Waals surface area contributed by atoms with Gasteiger partial charge in [0.25, 0.3) is 0 Å². The smallest absolute Gasteiger partial charge is 0.171 e. The highest BCUT2D eigenvalue weighted by Crippen LogP contribution is 2.45. The van der Waals surface area contributed by atoms with E-state index in [1.165, 1.54) is 10.8 Å². The lowest BCUT2D eigenvalue weighted by Gasteiger charge is -2.21. The zero-order chi connectivity index (χ0) is 35.4. The molecular formula is C48H32N3OP. The number of imidazole rings is 1. The maximum atomic E-state index is 15.4. The van der Waals surface area contributed by atoms with Crippen LogP contribution in [0.3, 0.4) is 0 Å². The van der Waals surface area contributed by atoms with Crippen molar-refractivity contribution in [1.82, 2.24) is 14.4 Å². The van der Waals surface area contributed by atoms with Crippen LogP contribution in [0, 0.1) is 0 Å². The number of para-hydroxylation sites is 1. The zero-order valence-electron chi connectivity index (χ0n) is 28.7. The molecule has 7 aromatic carbocycles. The Hall–Kier alpha value is -6.61. The van der Waals surface area contributed by atoms with Crippen LogP contribution >= 0.6 is 7.14 Å². The van der Waals surface area contributed by atoms with Crippen molar-refractivity contribution < 1.29 is 4.57 Å². The van der Waals surface area contributed by atoms with Gasteiger partial charge in [-0.25, -0.2) is 9.97 Å². The van der Waals surface area contributed by atoms with E-state index in [1.54, 1.807) is 0 Å². The second kappa shape index (κ2) is 12.6. The van der Waals surface area contributed by atoms with Gasteiger partial charge in [0.15, 0.2) is 7.14 Å². The Kier molecular flexibility index (Phi) is 7.38. The van der Waals surface area contributed by atoms with Gasteiger partial charge < -0.3 is 8.97 Å². The standard InChI is InChI=1S/C48H32N3OP/c52-53(36-15-3-1-4-16-36,37-17-5-2-6-18-37)38-19-13-14-35(30-38)48-43-31-42(33-25-27-34(28-26-33)45-32-51-29-12-11-24-46(51)49-45)39-20-7-8-21-40(39)47(43)41-22-9-10-23-44(41)50-48/h1-32H. The maximum absolute atomic E-state index is 15.4. The maximum Gasteiger partial charge on any atom is 0.171 e. The molecule has 0 aliphatic heterocycles. The predicted molar refractivity (Wildman–Crippen MR) is 221 cm³/mol. The van der Waals surface area contributed by atoms with E-state index in [9.17, 15) is 0 Å². The molecule has 0 atom stereocenters. The van der Waals surface area contributed by atoms with E-state index < -0.39 is 7.14 Å². The fraction of sp³-hybridized carbons (Fsp3) is 0. The first-order chi connectivity index (χ1) is 26.1. The first kappa shape index (κ1) is 31.2. The highest BCUT2D eigenvalue weighted by atomic mass is 31.2. The summed E-state index contributed by atoms with van der Waals surface area (Å²) in [6, 6.07) is 62.0. The first-order valence-electron chi connectivity index (χ1n) is 17.8. The van der Waals surface area contributed by atoms with Crippen LogP contribution in [0.25, 0.3) is 71.7 Å². The lowest BCUT2D eigenvalue weighted by atomic mass is 9.89. The molecule has 53 heavy (non-hydrogen) atoms. The van der Waals surface area contributed by atoms with Crippen LogP contribution in [0.4, 0.5) is 0 Å². The minimum Gasteiger partial charge on any atom is -0.309 e. The molecule has 10 aromatic rings. The van der Waals surface area contributed by atoms with Gasteiger partial charge in [0, 0.05) is 55.6 Å². The molecule has 0 amide bonds. The normalized spacial score (nSPS) is 11.8. The number of pyridine rings is 2. The summed E-state index contributed by atoms with van der Waals surface area (Å²) in [5.41, 5.74) is 7.87. The average Bonchev–Trinajstić information content (AvgIpc) is 3.68. The largest absolute Gasteiger partial charge is 0.309 e. The molecule has 0 fully saturated rings. The van der Waals surface area contributed by atoms with Crippen LogP contribution in [0.5, 0.6) is 0 Å². The molecule has 0 saturated heterocycles. The Morgan fingerprint density at radius 1 is 0.453 bits per heavy atom. The van der Waals surface area contributed by atoms with Gasteiger partial charge in [-0.15, -0.1) is 0 Å². The molecule has 4 nitrogen and oxygen atoms in total. The Balaban J connectivity index is 1.20. The summed E-state index contributed by atoms with van der Waals surface area (Å²) >= 11 is 0. The molecule has 0 bridgehead atoms. The third-order valence-electron chi connectivity index (χ3n) is 10.3. The molecule has 5 heteroatoms. The van der Waals surface area contributed by atoms with E-state index in [-0.39, 0.29) is 0 Å². The molecule has 0 aliphatic rings. The van der Waals surface area contributed by atoms with Crippen molar-refractivity contribution in [3.8, 4) is 33.6 Å². The van der Waals surface area contributed by atoms with Gasteiger partial charge >= 0.3 is 0 Å². The molecule has 0 radical (unpaired) electrons. The summed E-state index contributed by atoms with van der Waals surface area (Å²) in [6.07, 6.45) is 4.09. The van der Waals surface area contributed by atoms with Crippen LogP contribution in [0.15, 0.2) is 194 Å². The summed E-state index contributed by atoms with van der Waals surface area (Å²) in [5, 5.41) is 8.04. The summed E-state index contributed by atoms with van der Waals surface area (Å²) in [7, 11) is -3.20. The molecule has 0 spiro atoms. The van der Waals surface area contributed by atoms with Crippen molar-refractivity contribution in [2.75, 3.05) is 0 Å². The van der Waals surface area contributed by atoms with Gasteiger partial charge in [-0.05, 0) is 52.2 Å². The number of fused-ring (bicyclic) bond motifs is 6. The number of hydrogen-bond acceptors (Lipinski definition) is 3. The van der Waals surface area contributed by atoms with E-state index in [2.05, 4.69) is 91.1 Å². The molecule has 0 aliphatic carbocycles. The summed E-state index contributed by atoms with van der Waals surface area (Å²) in [4.78, 5) is 10.2.